The SMILES string of the molecule is Nc1ncn(Cc2c(Cl)cccc2Cl)n1. The maximum Gasteiger partial charge on any atom is 0.239 e. The van der Waals surface area contributed by atoms with E-state index in [1.807, 2.05) is 0 Å². The molecule has 15 heavy (non-hydrogen) atoms. The normalized spacial score (nSPS) is 10.5. The molecule has 0 bridgehead atoms. The Labute approximate surface area is 96.6 Å². The zero-order chi connectivity index (χ0) is 10.8. The van der Waals surface area contributed by atoms with Gasteiger partial charge in [-0.25, -0.2) is 9.67 Å². The lowest BCUT2D eigenvalue weighted by Gasteiger charge is -2.05. The van der Waals surface area contributed by atoms with Crippen LogP contribution in [-0.4, -0.2) is 14.8 Å². The summed E-state index contributed by atoms with van der Waals surface area (Å²) in [6.45, 7) is 0.461. The van der Waals surface area contributed by atoms with Crippen molar-refractivity contribution in [2.45, 2.75) is 6.54 Å². The average Bonchev–Trinajstić information content (AvgIpc) is 2.58. The molecular weight excluding hydrogens is 235 g/mol. The second-order valence-electron chi connectivity index (χ2n) is 3.00. The van der Waals surface area contributed by atoms with Gasteiger partial charge in [-0.05, 0) is 12.1 Å². The number of hydrogen-bond donors (Lipinski definition) is 1. The molecule has 1 aromatic heterocycles. The van der Waals surface area contributed by atoms with Crippen molar-refractivity contribution in [3.05, 3.63) is 40.1 Å². The van der Waals surface area contributed by atoms with Crippen LogP contribution in [0, 0.1) is 0 Å². The van der Waals surface area contributed by atoms with Crippen molar-refractivity contribution in [1.29, 1.82) is 0 Å². The van der Waals surface area contributed by atoms with E-state index in [1.54, 1.807) is 22.9 Å². The second-order valence-corrected chi connectivity index (χ2v) is 3.81. The number of aromatic nitrogens is 3. The lowest BCUT2D eigenvalue weighted by Crippen LogP contribution is -2.02. The number of benzene rings is 1. The summed E-state index contributed by atoms with van der Waals surface area (Å²) in [7, 11) is 0. The summed E-state index contributed by atoms with van der Waals surface area (Å²) in [4.78, 5) is 3.82. The van der Waals surface area contributed by atoms with Crippen LogP contribution in [0.2, 0.25) is 10.0 Å². The van der Waals surface area contributed by atoms with E-state index in [0.29, 0.717) is 16.6 Å². The summed E-state index contributed by atoms with van der Waals surface area (Å²) in [6, 6.07) is 5.36. The fraction of sp³-hybridized carbons (Fsp3) is 0.111. The molecule has 0 aliphatic heterocycles. The van der Waals surface area contributed by atoms with Gasteiger partial charge < -0.3 is 5.73 Å². The Morgan fingerprint density at radius 2 is 1.93 bits per heavy atom. The third-order valence-corrected chi connectivity index (χ3v) is 2.64. The van der Waals surface area contributed by atoms with Gasteiger partial charge in [0.05, 0.1) is 6.54 Å². The third kappa shape index (κ3) is 2.22. The maximum atomic E-state index is 6.01. The van der Waals surface area contributed by atoms with Crippen LogP contribution in [0.4, 0.5) is 5.95 Å². The van der Waals surface area contributed by atoms with Crippen molar-refractivity contribution < 1.29 is 0 Å². The Morgan fingerprint density at radius 1 is 1.27 bits per heavy atom. The predicted octanol–water partition coefficient (Wildman–Crippen LogP) is 2.22. The van der Waals surface area contributed by atoms with Gasteiger partial charge in [0.2, 0.25) is 5.95 Å². The molecule has 0 spiro atoms. The van der Waals surface area contributed by atoms with Crippen LogP contribution >= 0.6 is 23.2 Å². The number of rotatable bonds is 2. The molecular formula is C9H8Cl2N4. The fourth-order valence-corrected chi connectivity index (χ4v) is 1.75. The minimum atomic E-state index is 0.234. The number of nitrogens with zero attached hydrogens (tertiary/aromatic N) is 3. The molecule has 0 amide bonds. The van der Waals surface area contributed by atoms with Crippen LogP contribution < -0.4 is 5.73 Å². The highest BCUT2D eigenvalue weighted by molar-refractivity contribution is 6.35. The lowest BCUT2D eigenvalue weighted by molar-refractivity contribution is 0.688. The van der Waals surface area contributed by atoms with Gasteiger partial charge in [-0.15, -0.1) is 5.10 Å². The highest BCUT2D eigenvalue weighted by Crippen LogP contribution is 2.24. The Hall–Kier alpha value is -1.26. The molecule has 4 nitrogen and oxygen atoms in total. The smallest absolute Gasteiger partial charge is 0.239 e. The summed E-state index contributed by atoms with van der Waals surface area (Å²) >= 11 is 12.0. The molecule has 78 valence electrons. The van der Waals surface area contributed by atoms with Gasteiger partial charge in [0.25, 0.3) is 0 Å². The summed E-state index contributed by atoms with van der Waals surface area (Å²) in [5.41, 5.74) is 6.21. The number of hydrogen-bond acceptors (Lipinski definition) is 3. The first-order valence-corrected chi connectivity index (χ1v) is 5.00. The standard InChI is InChI=1S/C9H8Cl2N4/c10-7-2-1-3-8(11)6(7)4-15-5-13-9(12)14-15/h1-3,5H,4H2,(H2,12,14). The molecule has 2 N–H and O–H groups in total. The van der Waals surface area contributed by atoms with Crippen molar-refractivity contribution in [2.24, 2.45) is 0 Å². The van der Waals surface area contributed by atoms with Gasteiger partial charge in [-0.1, -0.05) is 29.3 Å². The molecule has 1 heterocycles. The van der Waals surface area contributed by atoms with Crippen molar-refractivity contribution >= 4 is 29.2 Å². The molecule has 0 aliphatic carbocycles. The average molecular weight is 243 g/mol. The highest BCUT2D eigenvalue weighted by Gasteiger charge is 2.06. The summed E-state index contributed by atoms with van der Waals surface area (Å²) in [6.07, 6.45) is 1.54. The van der Waals surface area contributed by atoms with E-state index in [9.17, 15) is 0 Å². The molecule has 0 saturated heterocycles. The molecule has 0 atom stereocenters. The van der Waals surface area contributed by atoms with Gasteiger partial charge >= 0.3 is 0 Å². The van der Waals surface area contributed by atoms with E-state index in [1.165, 1.54) is 6.33 Å². The number of anilines is 1. The largest absolute Gasteiger partial charge is 0.367 e. The van der Waals surface area contributed by atoms with E-state index in [0.717, 1.165) is 5.56 Å². The van der Waals surface area contributed by atoms with E-state index >= 15 is 0 Å². The van der Waals surface area contributed by atoms with Gasteiger partial charge in [0.1, 0.15) is 6.33 Å². The topological polar surface area (TPSA) is 56.7 Å². The van der Waals surface area contributed by atoms with Crippen molar-refractivity contribution in [3.63, 3.8) is 0 Å². The van der Waals surface area contributed by atoms with Crippen LogP contribution in [0.5, 0.6) is 0 Å². The minimum absolute atomic E-state index is 0.234. The first-order chi connectivity index (χ1) is 7.16. The number of nitrogen functional groups attached to an aromatic ring is 1. The van der Waals surface area contributed by atoms with E-state index in [-0.39, 0.29) is 5.95 Å². The van der Waals surface area contributed by atoms with E-state index in [2.05, 4.69) is 10.1 Å². The van der Waals surface area contributed by atoms with Gasteiger partial charge in [-0.2, -0.15) is 0 Å². The Kier molecular flexibility index (Phi) is 2.79. The molecule has 0 saturated carbocycles. The molecule has 6 heteroatoms. The van der Waals surface area contributed by atoms with Crippen LogP contribution in [0.3, 0.4) is 0 Å². The quantitative estimate of drug-likeness (QED) is 0.879. The van der Waals surface area contributed by atoms with Gasteiger partial charge in [-0.3, -0.25) is 0 Å². The number of halogens is 2. The fourth-order valence-electron chi connectivity index (χ4n) is 1.23. The van der Waals surface area contributed by atoms with Crippen LogP contribution in [0.25, 0.3) is 0 Å². The zero-order valence-corrected chi connectivity index (χ0v) is 9.20. The van der Waals surface area contributed by atoms with Crippen LogP contribution in [0.15, 0.2) is 24.5 Å². The van der Waals surface area contributed by atoms with E-state index in [4.69, 9.17) is 28.9 Å². The highest BCUT2D eigenvalue weighted by atomic mass is 35.5. The Bertz CT molecular complexity index is 460. The molecule has 0 radical (unpaired) electrons. The number of nitrogens with two attached hydrogens (primary N) is 1. The Morgan fingerprint density at radius 3 is 2.47 bits per heavy atom. The summed E-state index contributed by atoms with van der Waals surface area (Å²) in [5.74, 6) is 0.234. The van der Waals surface area contributed by atoms with Crippen LogP contribution in [0.1, 0.15) is 5.56 Å². The van der Waals surface area contributed by atoms with Crippen molar-refractivity contribution in [3.8, 4) is 0 Å². The molecule has 2 rings (SSSR count). The summed E-state index contributed by atoms with van der Waals surface area (Å²) < 4.78 is 1.59. The Balaban J connectivity index is 2.31. The molecule has 1 aromatic carbocycles. The maximum absolute atomic E-state index is 6.01. The molecule has 2 aromatic rings. The zero-order valence-electron chi connectivity index (χ0n) is 7.69. The van der Waals surface area contributed by atoms with E-state index < -0.39 is 0 Å². The van der Waals surface area contributed by atoms with Crippen LogP contribution in [-0.2, 0) is 6.54 Å². The monoisotopic (exact) mass is 242 g/mol. The van der Waals surface area contributed by atoms with Gasteiger partial charge in [0.15, 0.2) is 0 Å². The summed E-state index contributed by atoms with van der Waals surface area (Å²) in [5, 5.41) is 5.17. The third-order valence-electron chi connectivity index (χ3n) is 1.94. The van der Waals surface area contributed by atoms with Gasteiger partial charge in [0, 0.05) is 15.6 Å². The first kappa shape index (κ1) is 10.3. The van der Waals surface area contributed by atoms with Crippen molar-refractivity contribution in [2.75, 3.05) is 5.73 Å². The predicted molar refractivity (Wildman–Crippen MR) is 60.0 cm³/mol. The minimum Gasteiger partial charge on any atom is -0.367 e. The molecule has 0 unspecified atom stereocenters. The first-order valence-electron chi connectivity index (χ1n) is 4.24. The second kappa shape index (κ2) is 4.08. The van der Waals surface area contributed by atoms with Crippen molar-refractivity contribution in [1.82, 2.24) is 14.8 Å². The molecule has 0 fully saturated rings. The molecule has 0 aliphatic rings. The lowest BCUT2D eigenvalue weighted by atomic mass is 10.2.